The van der Waals surface area contributed by atoms with Crippen LogP contribution in [0.2, 0.25) is 0 Å². The van der Waals surface area contributed by atoms with Crippen molar-refractivity contribution in [1.82, 2.24) is 9.80 Å². The van der Waals surface area contributed by atoms with E-state index >= 15 is 0 Å². The topological polar surface area (TPSA) is 60.9 Å². The first kappa shape index (κ1) is 22.9. The molecule has 7 heteroatoms. The highest BCUT2D eigenvalue weighted by Crippen LogP contribution is 2.32. The number of anilines is 1. The fourth-order valence-corrected chi connectivity index (χ4v) is 5.12. The minimum atomic E-state index is -0.414. The molecule has 6 nitrogen and oxygen atoms in total. The third-order valence-corrected chi connectivity index (χ3v) is 7.14. The maximum absolute atomic E-state index is 12.9. The fourth-order valence-electron chi connectivity index (χ4n) is 4.28. The lowest BCUT2D eigenvalue weighted by Crippen LogP contribution is -2.51. The number of hydrogen-bond donors (Lipinski definition) is 0. The summed E-state index contributed by atoms with van der Waals surface area (Å²) in [6.07, 6.45) is 1.71. The molecule has 0 radical (unpaired) electrons. The Morgan fingerprint density at radius 3 is 2.03 bits per heavy atom. The molecule has 176 valence electrons. The van der Waals surface area contributed by atoms with E-state index in [2.05, 4.69) is 17.0 Å². The molecule has 0 aromatic heterocycles. The Bertz CT molecular complexity index is 1250. The molecule has 35 heavy (non-hydrogen) atoms. The summed E-state index contributed by atoms with van der Waals surface area (Å²) in [4.78, 5) is 43.6. The highest BCUT2D eigenvalue weighted by Gasteiger charge is 2.37. The number of carbonyl (C=O) groups excluding carboxylic acids is 3. The Morgan fingerprint density at radius 2 is 1.37 bits per heavy atom. The van der Waals surface area contributed by atoms with Crippen LogP contribution in [0, 0.1) is 0 Å². The lowest BCUT2D eigenvalue weighted by Gasteiger charge is -2.36. The van der Waals surface area contributed by atoms with Gasteiger partial charge in [0.25, 0.3) is 11.1 Å². The van der Waals surface area contributed by atoms with Crippen LogP contribution in [0.15, 0.2) is 89.8 Å². The number of carbonyl (C=O) groups is 3. The van der Waals surface area contributed by atoms with Gasteiger partial charge in [-0.3, -0.25) is 19.3 Å². The first-order valence-corrected chi connectivity index (χ1v) is 12.4. The minimum Gasteiger partial charge on any atom is -0.368 e. The molecule has 3 amide bonds. The van der Waals surface area contributed by atoms with E-state index in [0.717, 1.165) is 52.1 Å². The van der Waals surface area contributed by atoms with Gasteiger partial charge in [0.15, 0.2) is 0 Å². The molecule has 0 saturated carbocycles. The summed E-state index contributed by atoms with van der Waals surface area (Å²) < 4.78 is 0. The van der Waals surface area contributed by atoms with Crippen LogP contribution in [-0.4, -0.2) is 59.6 Å². The standard InChI is InChI=1S/C28H25N3O3S/c32-26(30-17-15-29(16-18-30)24-9-5-2-6-10-24)20-31-27(33)25(35-28(31)34)19-21-11-13-23(14-12-21)22-7-3-1-4-8-22/h1-14,19H,15-18,20H2/b25-19+. The average molecular weight is 484 g/mol. The van der Waals surface area contributed by atoms with E-state index in [4.69, 9.17) is 0 Å². The van der Waals surface area contributed by atoms with Crippen LogP contribution < -0.4 is 4.90 Å². The number of amides is 3. The lowest BCUT2D eigenvalue weighted by molar-refractivity contribution is -0.136. The van der Waals surface area contributed by atoms with Crippen molar-refractivity contribution in [1.29, 1.82) is 0 Å². The second-order valence-electron chi connectivity index (χ2n) is 8.46. The Kier molecular flexibility index (Phi) is 6.68. The van der Waals surface area contributed by atoms with Gasteiger partial charge >= 0.3 is 0 Å². The van der Waals surface area contributed by atoms with Crippen molar-refractivity contribution in [2.45, 2.75) is 0 Å². The number of para-hydroxylation sites is 1. The zero-order chi connectivity index (χ0) is 24.2. The first-order valence-electron chi connectivity index (χ1n) is 11.6. The van der Waals surface area contributed by atoms with Crippen molar-refractivity contribution < 1.29 is 14.4 Å². The van der Waals surface area contributed by atoms with Gasteiger partial charge in [0.2, 0.25) is 5.91 Å². The van der Waals surface area contributed by atoms with Crippen LogP contribution in [0.25, 0.3) is 17.2 Å². The third kappa shape index (κ3) is 5.15. The number of nitrogens with zero attached hydrogens (tertiary/aromatic N) is 3. The summed E-state index contributed by atoms with van der Waals surface area (Å²) in [6, 6.07) is 28.0. The molecule has 3 aromatic carbocycles. The molecule has 2 heterocycles. The molecule has 5 rings (SSSR count). The normalized spacial score (nSPS) is 17.4. The van der Waals surface area contributed by atoms with Gasteiger partial charge in [-0.2, -0.15) is 0 Å². The molecular formula is C28H25N3O3S. The molecule has 0 spiro atoms. The first-order chi connectivity index (χ1) is 17.1. The lowest BCUT2D eigenvalue weighted by atomic mass is 10.0. The second kappa shape index (κ2) is 10.2. The van der Waals surface area contributed by atoms with Crippen molar-refractivity contribution in [3.63, 3.8) is 0 Å². The van der Waals surface area contributed by atoms with Crippen LogP contribution in [0.4, 0.5) is 10.5 Å². The van der Waals surface area contributed by atoms with E-state index in [1.807, 2.05) is 72.8 Å². The third-order valence-electron chi connectivity index (χ3n) is 6.24. The van der Waals surface area contributed by atoms with Gasteiger partial charge in [-0.25, -0.2) is 0 Å². The Morgan fingerprint density at radius 1 is 0.771 bits per heavy atom. The minimum absolute atomic E-state index is 0.200. The number of imide groups is 1. The molecule has 0 N–H and O–H groups in total. The summed E-state index contributed by atoms with van der Waals surface area (Å²) in [7, 11) is 0. The van der Waals surface area contributed by atoms with Crippen molar-refractivity contribution in [3.05, 3.63) is 95.4 Å². The number of thioether (sulfide) groups is 1. The van der Waals surface area contributed by atoms with E-state index in [-0.39, 0.29) is 12.5 Å². The number of benzene rings is 3. The van der Waals surface area contributed by atoms with Crippen LogP contribution in [0.5, 0.6) is 0 Å². The van der Waals surface area contributed by atoms with Gasteiger partial charge in [0.1, 0.15) is 6.54 Å². The van der Waals surface area contributed by atoms with Crippen LogP contribution in [-0.2, 0) is 9.59 Å². The van der Waals surface area contributed by atoms with Gasteiger partial charge in [0, 0.05) is 31.9 Å². The highest BCUT2D eigenvalue weighted by molar-refractivity contribution is 8.18. The van der Waals surface area contributed by atoms with Crippen molar-refractivity contribution >= 4 is 40.6 Å². The average Bonchev–Trinajstić information content (AvgIpc) is 3.17. The molecule has 0 unspecified atom stereocenters. The van der Waals surface area contributed by atoms with Crippen molar-refractivity contribution in [2.75, 3.05) is 37.6 Å². The van der Waals surface area contributed by atoms with Gasteiger partial charge in [-0.1, -0.05) is 72.8 Å². The van der Waals surface area contributed by atoms with Gasteiger partial charge in [-0.05, 0) is 46.7 Å². The molecule has 2 saturated heterocycles. The van der Waals surface area contributed by atoms with E-state index in [0.29, 0.717) is 18.0 Å². The van der Waals surface area contributed by atoms with Crippen LogP contribution in [0.3, 0.4) is 0 Å². The highest BCUT2D eigenvalue weighted by atomic mass is 32.2. The molecule has 0 bridgehead atoms. The maximum atomic E-state index is 12.9. The Balaban J connectivity index is 1.20. The number of piperazine rings is 1. The second-order valence-corrected chi connectivity index (χ2v) is 9.45. The molecular weight excluding hydrogens is 458 g/mol. The van der Waals surface area contributed by atoms with E-state index in [1.165, 1.54) is 0 Å². The van der Waals surface area contributed by atoms with Gasteiger partial charge in [-0.15, -0.1) is 0 Å². The Hall–Kier alpha value is -3.84. The predicted octanol–water partition coefficient (Wildman–Crippen LogP) is 4.74. The zero-order valence-electron chi connectivity index (χ0n) is 19.2. The molecule has 2 aliphatic heterocycles. The van der Waals surface area contributed by atoms with E-state index in [1.54, 1.807) is 11.0 Å². The molecule has 0 aliphatic carbocycles. The summed E-state index contributed by atoms with van der Waals surface area (Å²) in [5.74, 6) is -0.614. The fraction of sp³-hybridized carbons (Fsp3) is 0.179. The summed E-state index contributed by atoms with van der Waals surface area (Å²) in [6.45, 7) is 2.34. The van der Waals surface area contributed by atoms with Crippen molar-refractivity contribution in [3.8, 4) is 11.1 Å². The Labute approximate surface area is 208 Å². The monoisotopic (exact) mass is 483 g/mol. The molecule has 2 fully saturated rings. The largest absolute Gasteiger partial charge is 0.368 e. The smallest absolute Gasteiger partial charge is 0.294 e. The summed E-state index contributed by atoms with van der Waals surface area (Å²) in [5, 5.41) is -0.404. The van der Waals surface area contributed by atoms with Gasteiger partial charge in [0.05, 0.1) is 4.91 Å². The number of hydrogen-bond acceptors (Lipinski definition) is 5. The van der Waals surface area contributed by atoms with Gasteiger partial charge < -0.3 is 9.80 Å². The van der Waals surface area contributed by atoms with Crippen molar-refractivity contribution in [2.24, 2.45) is 0 Å². The molecule has 3 aromatic rings. The zero-order valence-corrected chi connectivity index (χ0v) is 20.0. The summed E-state index contributed by atoms with van der Waals surface area (Å²) in [5.41, 5.74) is 4.15. The SMILES string of the molecule is O=C(CN1C(=O)S/C(=C/c2ccc(-c3ccccc3)cc2)C1=O)N1CCN(c2ccccc2)CC1. The van der Waals surface area contributed by atoms with Crippen LogP contribution in [0.1, 0.15) is 5.56 Å². The van der Waals surface area contributed by atoms with E-state index in [9.17, 15) is 14.4 Å². The number of rotatable bonds is 5. The summed E-state index contributed by atoms with van der Waals surface area (Å²) >= 11 is 0.883. The molecule has 0 atom stereocenters. The van der Waals surface area contributed by atoms with Crippen LogP contribution >= 0.6 is 11.8 Å². The van der Waals surface area contributed by atoms with E-state index < -0.39 is 11.1 Å². The quantitative estimate of drug-likeness (QED) is 0.491. The molecule has 2 aliphatic rings. The predicted molar refractivity (Wildman–Crippen MR) is 140 cm³/mol. The maximum Gasteiger partial charge on any atom is 0.294 e.